The van der Waals surface area contributed by atoms with Gasteiger partial charge in [-0.05, 0) is 50.0 Å². The van der Waals surface area contributed by atoms with Gasteiger partial charge in [0.1, 0.15) is 11.4 Å². The Bertz CT molecular complexity index is 858. The molecule has 0 amide bonds. The number of nitrogens with zero attached hydrogens (tertiary/aromatic N) is 2. The molecule has 0 fully saturated rings. The molecule has 1 unspecified atom stereocenters. The lowest BCUT2D eigenvalue weighted by Crippen LogP contribution is -2.28. The highest BCUT2D eigenvalue weighted by atomic mass is 32.1. The second kappa shape index (κ2) is 6.56. The Morgan fingerprint density at radius 1 is 1.44 bits per heavy atom. The standard InChI is InChI=1S/C19H26N2O3S/c1-11(2)24-15(22)9-21-10-20-17-16(18(21)23)13-7-6-12(19(3,4)5)8-14(13)25-17/h10-12H,6-9H2,1-5H3. The molecule has 0 radical (unpaired) electrons. The van der Waals surface area contributed by atoms with Crippen LogP contribution in [0.1, 0.15) is 51.5 Å². The molecule has 0 spiro atoms. The molecule has 0 N–H and O–H groups in total. The van der Waals surface area contributed by atoms with E-state index in [1.54, 1.807) is 25.2 Å². The first-order chi connectivity index (χ1) is 11.7. The van der Waals surface area contributed by atoms with E-state index in [4.69, 9.17) is 4.74 Å². The summed E-state index contributed by atoms with van der Waals surface area (Å²) in [7, 11) is 0. The summed E-state index contributed by atoms with van der Waals surface area (Å²) < 4.78 is 6.51. The molecule has 0 bridgehead atoms. The van der Waals surface area contributed by atoms with Gasteiger partial charge < -0.3 is 4.74 Å². The van der Waals surface area contributed by atoms with Crippen LogP contribution in [0, 0.1) is 11.3 Å². The van der Waals surface area contributed by atoms with Gasteiger partial charge in [-0.2, -0.15) is 0 Å². The lowest BCUT2D eigenvalue weighted by Gasteiger charge is -2.33. The fourth-order valence-electron chi connectivity index (χ4n) is 3.49. The fraction of sp³-hybridized carbons (Fsp3) is 0.632. The van der Waals surface area contributed by atoms with Gasteiger partial charge >= 0.3 is 5.97 Å². The van der Waals surface area contributed by atoms with Crippen LogP contribution in [0.2, 0.25) is 0 Å². The third kappa shape index (κ3) is 3.64. The van der Waals surface area contributed by atoms with Gasteiger partial charge in [-0.1, -0.05) is 20.8 Å². The predicted molar refractivity (Wildman–Crippen MR) is 100 cm³/mol. The minimum absolute atomic E-state index is 0.0881. The van der Waals surface area contributed by atoms with Crippen molar-refractivity contribution in [3.8, 4) is 0 Å². The molecule has 1 aliphatic carbocycles. The fourth-order valence-corrected chi connectivity index (χ4v) is 4.75. The number of aryl methyl sites for hydroxylation is 1. The maximum Gasteiger partial charge on any atom is 0.326 e. The van der Waals surface area contributed by atoms with Crippen molar-refractivity contribution in [3.05, 3.63) is 27.1 Å². The molecule has 0 saturated heterocycles. The molecule has 0 aromatic carbocycles. The number of carbonyl (C=O) groups is 1. The molecule has 25 heavy (non-hydrogen) atoms. The van der Waals surface area contributed by atoms with Gasteiger partial charge in [0.15, 0.2) is 0 Å². The van der Waals surface area contributed by atoms with Crippen molar-refractivity contribution < 1.29 is 9.53 Å². The molecule has 6 heteroatoms. The number of hydrogen-bond donors (Lipinski definition) is 0. The Morgan fingerprint density at radius 2 is 2.16 bits per heavy atom. The first-order valence-corrected chi connectivity index (χ1v) is 9.67. The molecular formula is C19H26N2O3S. The Hall–Kier alpha value is -1.69. The van der Waals surface area contributed by atoms with Gasteiger partial charge in [-0.3, -0.25) is 14.2 Å². The molecule has 3 rings (SSSR count). The Labute approximate surface area is 152 Å². The van der Waals surface area contributed by atoms with Crippen LogP contribution in [0.15, 0.2) is 11.1 Å². The average molecular weight is 362 g/mol. The van der Waals surface area contributed by atoms with Crippen LogP contribution in [0.25, 0.3) is 10.2 Å². The van der Waals surface area contributed by atoms with Crippen LogP contribution < -0.4 is 5.56 Å². The van der Waals surface area contributed by atoms with E-state index in [2.05, 4.69) is 25.8 Å². The Morgan fingerprint density at radius 3 is 2.80 bits per heavy atom. The minimum atomic E-state index is -0.407. The van der Waals surface area contributed by atoms with Crippen LogP contribution in [0.3, 0.4) is 0 Å². The van der Waals surface area contributed by atoms with Crippen molar-refractivity contribution in [1.82, 2.24) is 9.55 Å². The van der Waals surface area contributed by atoms with Crippen molar-refractivity contribution >= 4 is 27.5 Å². The first-order valence-electron chi connectivity index (χ1n) is 8.86. The normalized spacial score (nSPS) is 17.8. The Kier molecular flexibility index (Phi) is 4.75. The summed E-state index contributed by atoms with van der Waals surface area (Å²) >= 11 is 1.63. The summed E-state index contributed by atoms with van der Waals surface area (Å²) in [6.45, 7) is 10.3. The molecule has 0 saturated carbocycles. The van der Waals surface area contributed by atoms with Gasteiger partial charge in [0, 0.05) is 4.88 Å². The third-order valence-corrected chi connectivity index (χ3v) is 6.09. The van der Waals surface area contributed by atoms with Crippen LogP contribution in [-0.4, -0.2) is 21.6 Å². The molecule has 2 aromatic heterocycles. The first kappa shape index (κ1) is 18.1. The van der Waals surface area contributed by atoms with E-state index < -0.39 is 5.97 Å². The van der Waals surface area contributed by atoms with Crippen molar-refractivity contribution in [2.75, 3.05) is 0 Å². The zero-order valence-corrected chi connectivity index (χ0v) is 16.4. The maximum absolute atomic E-state index is 12.9. The number of esters is 1. The molecule has 2 aromatic rings. The minimum Gasteiger partial charge on any atom is -0.462 e. The topological polar surface area (TPSA) is 61.2 Å². The van der Waals surface area contributed by atoms with Gasteiger partial charge in [0.2, 0.25) is 0 Å². The molecular weight excluding hydrogens is 336 g/mol. The number of thiophene rings is 1. The van der Waals surface area contributed by atoms with E-state index in [9.17, 15) is 9.59 Å². The van der Waals surface area contributed by atoms with Crippen molar-refractivity contribution in [2.45, 2.75) is 66.5 Å². The number of ether oxygens (including phenoxy) is 1. The number of rotatable bonds is 3. The number of fused-ring (bicyclic) bond motifs is 3. The quantitative estimate of drug-likeness (QED) is 0.783. The molecule has 1 aliphatic rings. The molecule has 2 heterocycles. The van der Waals surface area contributed by atoms with Gasteiger partial charge in [0.05, 0.1) is 17.8 Å². The monoisotopic (exact) mass is 362 g/mol. The van der Waals surface area contributed by atoms with E-state index in [0.29, 0.717) is 11.3 Å². The van der Waals surface area contributed by atoms with Crippen LogP contribution in [0.5, 0.6) is 0 Å². The lowest BCUT2D eigenvalue weighted by molar-refractivity contribution is -0.148. The number of carbonyl (C=O) groups excluding carboxylic acids is 1. The smallest absolute Gasteiger partial charge is 0.326 e. The second-order valence-corrected chi connectivity index (χ2v) is 9.29. The highest BCUT2D eigenvalue weighted by Gasteiger charge is 2.31. The SMILES string of the molecule is CC(C)OC(=O)Cn1cnc2sc3c(c2c1=O)CCC(C(C)(C)C)C3. The summed E-state index contributed by atoms with van der Waals surface area (Å²) in [5.74, 6) is 0.214. The highest BCUT2D eigenvalue weighted by molar-refractivity contribution is 7.18. The van der Waals surface area contributed by atoms with E-state index in [-0.39, 0.29) is 23.6 Å². The van der Waals surface area contributed by atoms with Crippen molar-refractivity contribution in [1.29, 1.82) is 0 Å². The zero-order valence-electron chi connectivity index (χ0n) is 15.6. The van der Waals surface area contributed by atoms with E-state index in [1.165, 1.54) is 15.8 Å². The van der Waals surface area contributed by atoms with Gasteiger partial charge in [-0.15, -0.1) is 11.3 Å². The van der Waals surface area contributed by atoms with Gasteiger partial charge in [-0.25, -0.2) is 4.98 Å². The van der Waals surface area contributed by atoms with E-state index in [1.807, 2.05) is 0 Å². The van der Waals surface area contributed by atoms with Crippen LogP contribution in [0.4, 0.5) is 0 Å². The van der Waals surface area contributed by atoms with Gasteiger partial charge in [0.25, 0.3) is 5.56 Å². The van der Waals surface area contributed by atoms with Crippen molar-refractivity contribution in [3.63, 3.8) is 0 Å². The summed E-state index contributed by atoms with van der Waals surface area (Å²) in [5, 5.41) is 0.701. The molecule has 1 atom stereocenters. The summed E-state index contributed by atoms with van der Waals surface area (Å²) in [6.07, 6.45) is 4.29. The molecule has 136 valence electrons. The average Bonchev–Trinajstić information content (AvgIpc) is 2.86. The van der Waals surface area contributed by atoms with Crippen LogP contribution >= 0.6 is 11.3 Å². The summed E-state index contributed by atoms with van der Waals surface area (Å²) in [6, 6.07) is 0. The predicted octanol–water partition coefficient (Wildman–Crippen LogP) is 3.56. The zero-order chi connectivity index (χ0) is 18.4. The largest absolute Gasteiger partial charge is 0.462 e. The third-order valence-electron chi connectivity index (χ3n) is 4.93. The lowest BCUT2D eigenvalue weighted by atomic mass is 9.72. The summed E-state index contributed by atoms with van der Waals surface area (Å²) in [4.78, 5) is 31.3. The van der Waals surface area contributed by atoms with E-state index in [0.717, 1.165) is 29.7 Å². The Balaban J connectivity index is 1.95. The second-order valence-electron chi connectivity index (χ2n) is 8.21. The summed E-state index contributed by atoms with van der Waals surface area (Å²) in [5.41, 5.74) is 1.28. The maximum atomic E-state index is 12.9. The van der Waals surface area contributed by atoms with E-state index >= 15 is 0 Å². The molecule has 0 aliphatic heterocycles. The number of aromatic nitrogens is 2. The van der Waals surface area contributed by atoms with Crippen molar-refractivity contribution in [2.24, 2.45) is 11.3 Å². The van der Waals surface area contributed by atoms with Crippen LogP contribution in [-0.2, 0) is 28.9 Å². The number of hydrogen-bond acceptors (Lipinski definition) is 5. The highest BCUT2D eigenvalue weighted by Crippen LogP contribution is 2.41. The molecule has 5 nitrogen and oxygen atoms in total.